The second kappa shape index (κ2) is 11.2. The molecule has 1 aliphatic rings. The smallest absolute Gasteiger partial charge is 0.416 e. The van der Waals surface area contributed by atoms with Crippen LogP contribution < -0.4 is 10.3 Å². The zero-order chi connectivity index (χ0) is 27.2. The van der Waals surface area contributed by atoms with Gasteiger partial charge in [-0.05, 0) is 36.6 Å². The number of hydrogen-bond donors (Lipinski definition) is 1. The van der Waals surface area contributed by atoms with Crippen LogP contribution in [0.25, 0.3) is 0 Å². The van der Waals surface area contributed by atoms with E-state index in [1.54, 1.807) is 44.2 Å². The lowest BCUT2D eigenvalue weighted by Crippen LogP contribution is -2.46. The molecule has 2 aromatic carbocycles. The van der Waals surface area contributed by atoms with Gasteiger partial charge in [0.25, 0.3) is 11.8 Å². The Labute approximate surface area is 210 Å². The molecular weight excluding hydrogens is 493 g/mol. The van der Waals surface area contributed by atoms with Crippen LogP contribution in [0.15, 0.2) is 59.7 Å². The zero-order valence-electron chi connectivity index (χ0n) is 20.1. The number of halogens is 3. The Bertz CT molecular complexity index is 1200. The molecule has 196 valence electrons. The fourth-order valence-corrected chi connectivity index (χ4v) is 3.68. The summed E-state index contributed by atoms with van der Waals surface area (Å²) in [5.41, 5.74) is -1.74. The van der Waals surface area contributed by atoms with E-state index < -0.39 is 54.2 Å². The van der Waals surface area contributed by atoms with Crippen molar-refractivity contribution >= 4 is 35.7 Å². The number of amides is 4. The molecule has 0 unspecified atom stereocenters. The van der Waals surface area contributed by atoms with E-state index in [-0.39, 0.29) is 5.69 Å². The van der Waals surface area contributed by atoms with Crippen molar-refractivity contribution < 1.29 is 37.1 Å². The van der Waals surface area contributed by atoms with E-state index in [4.69, 9.17) is 4.74 Å². The van der Waals surface area contributed by atoms with Gasteiger partial charge in [-0.2, -0.15) is 23.3 Å². The molecule has 0 bridgehead atoms. The van der Waals surface area contributed by atoms with E-state index in [0.29, 0.717) is 28.3 Å². The molecule has 0 aliphatic carbocycles. The van der Waals surface area contributed by atoms with Crippen LogP contribution in [0.3, 0.4) is 0 Å². The predicted octanol–water partition coefficient (Wildman–Crippen LogP) is 3.73. The summed E-state index contributed by atoms with van der Waals surface area (Å²) in [6.45, 7) is 1.83. The maximum atomic E-state index is 13.2. The highest BCUT2D eigenvalue weighted by Crippen LogP contribution is 2.32. The Hall–Kier alpha value is -4.22. The Morgan fingerprint density at radius 2 is 1.76 bits per heavy atom. The van der Waals surface area contributed by atoms with Crippen molar-refractivity contribution in [3.63, 3.8) is 0 Å². The Morgan fingerprint density at radius 1 is 1.08 bits per heavy atom. The lowest BCUT2D eigenvalue weighted by atomic mass is 9.93. The minimum absolute atomic E-state index is 0.201. The molecule has 1 heterocycles. The first kappa shape index (κ1) is 27.4. The average Bonchev–Trinajstić information content (AvgIpc) is 3.12. The van der Waals surface area contributed by atoms with Crippen LogP contribution in [0.2, 0.25) is 0 Å². The maximum absolute atomic E-state index is 13.2. The van der Waals surface area contributed by atoms with Gasteiger partial charge in [0.1, 0.15) is 12.1 Å². The van der Waals surface area contributed by atoms with Crippen LogP contribution in [-0.2, 0) is 25.3 Å². The first-order valence-electron chi connectivity index (χ1n) is 11.4. The molecule has 1 N–H and O–H groups in total. The molecule has 0 saturated carbocycles. The van der Waals surface area contributed by atoms with Crippen LogP contribution in [0.5, 0.6) is 0 Å². The summed E-state index contributed by atoms with van der Waals surface area (Å²) in [5.74, 6) is -2.58. The number of esters is 1. The van der Waals surface area contributed by atoms with Gasteiger partial charge >= 0.3 is 18.2 Å². The third-order valence-electron chi connectivity index (χ3n) is 5.87. The first-order valence-corrected chi connectivity index (χ1v) is 11.4. The Kier molecular flexibility index (Phi) is 8.31. The fraction of sp³-hybridized carbons (Fsp3) is 0.320. The minimum Gasteiger partial charge on any atom is -0.454 e. The average molecular weight is 518 g/mol. The van der Waals surface area contributed by atoms with Crippen LogP contribution >= 0.6 is 0 Å². The summed E-state index contributed by atoms with van der Waals surface area (Å²) in [4.78, 5) is 50.8. The van der Waals surface area contributed by atoms with Gasteiger partial charge in [-0.15, -0.1) is 0 Å². The summed E-state index contributed by atoms with van der Waals surface area (Å²) in [7, 11) is 0. The van der Waals surface area contributed by atoms with Gasteiger partial charge in [0.05, 0.1) is 17.5 Å². The Balaban J connectivity index is 1.75. The summed E-state index contributed by atoms with van der Waals surface area (Å²) in [6, 6.07) is 11.7. The van der Waals surface area contributed by atoms with Gasteiger partial charge in [-0.3, -0.25) is 19.3 Å². The number of carbonyl (C=O) groups is 4. The van der Waals surface area contributed by atoms with Crippen molar-refractivity contribution in [2.75, 3.05) is 18.2 Å². The molecule has 1 fully saturated rings. The van der Waals surface area contributed by atoms with E-state index >= 15 is 0 Å². The number of nitrogens with zero attached hydrogens (tertiary/aromatic N) is 3. The summed E-state index contributed by atoms with van der Waals surface area (Å²) >= 11 is 0. The van der Waals surface area contributed by atoms with Gasteiger partial charge in [-0.1, -0.05) is 50.2 Å². The van der Waals surface area contributed by atoms with Crippen molar-refractivity contribution in [3.05, 3.63) is 65.7 Å². The first-order chi connectivity index (χ1) is 17.5. The molecule has 0 atom stereocenters. The van der Waals surface area contributed by atoms with Crippen molar-refractivity contribution in [1.29, 1.82) is 0 Å². The number of hydrogen-bond acceptors (Lipinski definition) is 6. The number of anilines is 1. The molecule has 1 aliphatic heterocycles. The van der Waals surface area contributed by atoms with E-state index in [1.165, 1.54) is 12.3 Å². The number of rotatable bonds is 9. The fourth-order valence-electron chi connectivity index (χ4n) is 3.68. The van der Waals surface area contributed by atoms with Gasteiger partial charge < -0.3 is 10.1 Å². The lowest BCUT2D eigenvalue weighted by molar-refractivity contribution is -0.150. The Morgan fingerprint density at radius 3 is 2.35 bits per heavy atom. The lowest BCUT2D eigenvalue weighted by Gasteiger charge is -2.23. The standard InChI is InChI=1S/C25H25F3N4O5/c1-3-24(4-2)22(35)31(23(36)30-24)15-21(34)37-16-20(33)32(29-14-17-9-6-5-7-10-17)19-12-8-11-18(13-19)25(26,27)28/h5-14H,3-4,15-16H2,1-2H3,(H,30,36)/b29-14+. The molecular formula is C25H25F3N4O5. The van der Waals surface area contributed by atoms with Crippen molar-refractivity contribution in [1.82, 2.24) is 10.2 Å². The van der Waals surface area contributed by atoms with Gasteiger partial charge in [0, 0.05) is 0 Å². The third kappa shape index (κ3) is 6.32. The largest absolute Gasteiger partial charge is 0.454 e. The number of alkyl halides is 3. The van der Waals surface area contributed by atoms with Crippen molar-refractivity contribution in [3.8, 4) is 0 Å². The number of benzene rings is 2. The quantitative estimate of drug-likeness (QED) is 0.236. The maximum Gasteiger partial charge on any atom is 0.416 e. The topological polar surface area (TPSA) is 108 Å². The zero-order valence-corrected chi connectivity index (χ0v) is 20.1. The number of imide groups is 1. The van der Waals surface area contributed by atoms with Crippen molar-refractivity contribution in [2.45, 2.75) is 38.4 Å². The molecule has 9 nitrogen and oxygen atoms in total. The van der Waals surface area contributed by atoms with Gasteiger partial charge in [-0.25, -0.2) is 4.79 Å². The highest BCUT2D eigenvalue weighted by atomic mass is 19.4. The molecule has 12 heteroatoms. The van der Waals surface area contributed by atoms with E-state index in [0.717, 1.165) is 18.2 Å². The van der Waals surface area contributed by atoms with Crippen LogP contribution in [0.1, 0.15) is 37.8 Å². The second-order valence-electron chi connectivity index (χ2n) is 8.18. The summed E-state index contributed by atoms with van der Waals surface area (Å²) < 4.78 is 44.6. The number of hydrazone groups is 1. The molecule has 37 heavy (non-hydrogen) atoms. The number of ether oxygens (including phenoxy) is 1. The molecule has 3 rings (SSSR count). The number of carbonyl (C=O) groups excluding carboxylic acids is 4. The monoisotopic (exact) mass is 518 g/mol. The molecule has 1 saturated heterocycles. The van der Waals surface area contributed by atoms with E-state index in [2.05, 4.69) is 10.4 Å². The molecule has 0 radical (unpaired) electrons. The number of urea groups is 1. The van der Waals surface area contributed by atoms with Crippen LogP contribution in [-0.4, -0.2) is 53.6 Å². The van der Waals surface area contributed by atoms with E-state index in [1.807, 2.05) is 0 Å². The molecule has 2 aromatic rings. The highest BCUT2D eigenvalue weighted by molar-refractivity contribution is 6.08. The summed E-state index contributed by atoms with van der Waals surface area (Å²) in [5, 5.41) is 7.26. The molecule has 0 spiro atoms. The molecule has 4 amide bonds. The van der Waals surface area contributed by atoms with Crippen LogP contribution in [0.4, 0.5) is 23.7 Å². The van der Waals surface area contributed by atoms with Crippen molar-refractivity contribution in [2.24, 2.45) is 5.10 Å². The van der Waals surface area contributed by atoms with Gasteiger partial charge in [0.15, 0.2) is 6.61 Å². The molecule has 0 aromatic heterocycles. The number of nitrogens with one attached hydrogen (secondary N) is 1. The van der Waals surface area contributed by atoms with Crippen LogP contribution in [0, 0.1) is 0 Å². The summed E-state index contributed by atoms with van der Waals surface area (Å²) in [6.07, 6.45) is -2.75. The highest BCUT2D eigenvalue weighted by Gasteiger charge is 2.49. The predicted molar refractivity (Wildman–Crippen MR) is 127 cm³/mol. The van der Waals surface area contributed by atoms with Gasteiger partial charge in [0.2, 0.25) is 0 Å². The SMILES string of the molecule is CCC1(CC)NC(=O)N(CC(=O)OCC(=O)N(/N=C/c2ccccc2)c2cccc(C(F)(F)F)c2)C1=O. The minimum atomic E-state index is -4.66. The van der Waals surface area contributed by atoms with E-state index in [9.17, 15) is 32.3 Å². The normalized spacial score (nSPS) is 15.1. The third-order valence-corrected chi connectivity index (χ3v) is 5.87. The second-order valence-corrected chi connectivity index (χ2v) is 8.18.